The molecule has 1 fully saturated rings. The van der Waals surface area contributed by atoms with Crippen molar-refractivity contribution in [1.29, 1.82) is 0 Å². The average Bonchev–Trinajstić information content (AvgIpc) is 2.65. The van der Waals surface area contributed by atoms with Crippen LogP contribution in [0.15, 0.2) is 41.3 Å². The number of likely N-dealkylation sites (N-methyl/N-ethyl adjacent to an activating group) is 1. The molecule has 1 amide bonds. The third-order valence-electron chi connectivity index (χ3n) is 4.96. The van der Waals surface area contributed by atoms with Gasteiger partial charge < -0.3 is 10.2 Å². The number of hydrogen-bond acceptors (Lipinski definition) is 4. The highest BCUT2D eigenvalue weighted by molar-refractivity contribution is 7.89. The normalized spacial score (nSPS) is 16.1. The van der Waals surface area contributed by atoms with Gasteiger partial charge in [-0.25, -0.2) is 8.42 Å². The van der Waals surface area contributed by atoms with E-state index in [0.717, 1.165) is 5.56 Å². The SMILES string of the molecule is Cc1ccc(NC(=O)c2ccc(C)c(S(=O)(=O)N3CCN(C)CC3)c2)cc1Cl. The van der Waals surface area contributed by atoms with Gasteiger partial charge in [0.2, 0.25) is 10.0 Å². The zero-order chi connectivity index (χ0) is 20.5. The second kappa shape index (κ2) is 8.21. The van der Waals surface area contributed by atoms with Crippen LogP contribution in [0, 0.1) is 13.8 Å². The summed E-state index contributed by atoms with van der Waals surface area (Å²) in [5.41, 5.74) is 2.38. The number of rotatable bonds is 4. The lowest BCUT2D eigenvalue weighted by Crippen LogP contribution is -2.47. The molecule has 0 spiro atoms. The number of anilines is 1. The Labute approximate surface area is 171 Å². The largest absolute Gasteiger partial charge is 0.322 e. The second-order valence-electron chi connectivity index (χ2n) is 7.11. The number of amides is 1. The van der Waals surface area contributed by atoms with E-state index in [0.29, 0.717) is 42.5 Å². The van der Waals surface area contributed by atoms with E-state index in [1.807, 2.05) is 20.0 Å². The second-order valence-corrected chi connectivity index (χ2v) is 9.42. The summed E-state index contributed by atoms with van der Waals surface area (Å²) in [5, 5.41) is 3.33. The van der Waals surface area contributed by atoms with Crippen LogP contribution >= 0.6 is 11.6 Å². The maximum atomic E-state index is 13.1. The fraction of sp³-hybridized carbons (Fsp3) is 0.350. The number of benzene rings is 2. The van der Waals surface area contributed by atoms with Crippen LogP contribution in [0.2, 0.25) is 5.02 Å². The molecule has 2 aromatic carbocycles. The summed E-state index contributed by atoms with van der Waals surface area (Å²) in [6, 6.07) is 9.99. The van der Waals surface area contributed by atoms with Crippen molar-refractivity contribution in [3.05, 3.63) is 58.1 Å². The monoisotopic (exact) mass is 421 g/mol. The Morgan fingerprint density at radius 2 is 1.64 bits per heavy atom. The lowest BCUT2D eigenvalue weighted by Gasteiger charge is -2.32. The Balaban J connectivity index is 1.86. The highest BCUT2D eigenvalue weighted by Gasteiger charge is 2.29. The molecule has 0 unspecified atom stereocenters. The minimum Gasteiger partial charge on any atom is -0.322 e. The molecule has 28 heavy (non-hydrogen) atoms. The third-order valence-corrected chi connectivity index (χ3v) is 7.41. The van der Waals surface area contributed by atoms with Gasteiger partial charge in [0.05, 0.1) is 4.90 Å². The first-order valence-electron chi connectivity index (χ1n) is 9.05. The minimum atomic E-state index is -3.65. The summed E-state index contributed by atoms with van der Waals surface area (Å²) in [6.07, 6.45) is 0. The standard InChI is InChI=1S/C20H24ClN3O3S/c1-14-5-7-17(13-18(14)21)22-20(25)16-6-4-15(2)19(12-16)28(26,27)24-10-8-23(3)9-11-24/h4-7,12-13H,8-11H2,1-3H3,(H,22,25). The number of nitrogens with zero attached hydrogens (tertiary/aromatic N) is 2. The molecule has 150 valence electrons. The Bertz CT molecular complexity index is 1000. The van der Waals surface area contributed by atoms with Crippen LogP contribution in [0.3, 0.4) is 0 Å². The first kappa shape index (κ1) is 20.8. The summed E-state index contributed by atoms with van der Waals surface area (Å²) in [7, 11) is -1.68. The maximum absolute atomic E-state index is 13.1. The van der Waals surface area contributed by atoms with Crippen LogP contribution in [0.4, 0.5) is 5.69 Å². The topological polar surface area (TPSA) is 69.7 Å². The molecule has 1 heterocycles. The van der Waals surface area contributed by atoms with E-state index in [9.17, 15) is 13.2 Å². The van der Waals surface area contributed by atoms with Gasteiger partial charge in [-0.05, 0) is 56.3 Å². The van der Waals surface area contributed by atoms with Crippen molar-refractivity contribution in [2.75, 3.05) is 38.5 Å². The average molecular weight is 422 g/mol. The molecule has 2 aromatic rings. The number of carbonyl (C=O) groups is 1. The number of halogens is 1. The Morgan fingerprint density at radius 3 is 2.29 bits per heavy atom. The van der Waals surface area contributed by atoms with Crippen molar-refractivity contribution in [1.82, 2.24) is 9.21 Å². The molecule has 8 heteroatoms. The first-order chi connectivity index (χ1) is 13.2. The van der Waals surface area contributed by atoms with Crippen molar-refractivity contribution in [3.63, 3.8) is 0 Å². The third kappa shape index (κ3) is 4.38. The zero-order valence-corrected chi connectivity index (χ0v) is 17.8. The minimum absolute atomic E-state index is 0.173. The van der Waals surface area contributed by atoms with E-state index in [2.05, 4.69) is 10.2 Å². The van der Waals surface area contributed by atoms with Crippen LogP contribution < -0.4 is 5.32 Å². The maximum Gasteiger partial charge on any atom is 0.255 e. The van der Waals surface area contributed by atoms with Crippen molar-refractivity contribution in [3.8, 4) is 0 Å². The Morgan fingerprint density at radius 1 is 1.00 bits per heavy atom. The van der Waals surface area contributed by atoms with Gasteiger partial charge in [-0.15, -0.1) is 0 Å². The number of hydrogen-bond donors (Lipinski definition) is 1. The van der Waals surface area contributed by atoms with Gasteiger partial charge in [-0.3, -0.25) is 4.79 Å². The molecule has 0 atom stereocenters. The summed E-state index contributed by atoms with van der Waals surface area (Å²) >= 11 is 6.11. The molecule has 3 rings (SSSR count). The van der Waals surface area contributed by atoms with E-state index in [1.54, 1.807) is 31.2 Å². The van der Waals surface area contributed by atoms with E-state index in [-0.39, 0.29) is 16.4 Å². The smallest absolute Gasteiger partial charge is 0.255 e. The van der Waals surface area contributed by atoms with Crippen molar-refractivity contribution in [2.45, 2.75) is 18.7 Å². The summed E-state index contributed by atoms with van der Waals surface area (Å²) < 4.78 is 27.7. The predicted molar refractivity (Wildman–Crippen MR) is 112 cm³/mol. The van der Waals surface area contributed by atoms with E-state index in [1.165, 1.54) is 10.4 Å². The van der Waals surface area contributed by atoms with Crippen LogP contribution in [-0.4, -0.2) is 56.8 Å². The zero-order valence-electron chi connectivity index (χ0n) is 16.2. The van der Waals surface area contributed by atoms with Gasteiger partial charge in [0.1, 0.15) is 0 Å². The number of nitrogens with one attached hydrogen (secondary N) is 1. The van der Waals surface area contributed by atoms with Crippen LogP contribution in [0.25, 0.3) is 0 Å². The van der Waals surface area contributed by atoms with Crippen LogP contribution in [0.5, 0.6) is 0 Å². The highest BCUT2D eigenvalue weighted by atomic mass is 35.5. The summed E-state index contributed by atoms with van der Waals surface area (Å²) in [6.45, 7) is 5.88. The van der Waals surface area contributed by atoms with E-state index in [4.69, 9.17) is 11.6 Å². The van der Waals surface area contributed by atoms with E-state index < -0.39 is 10.0 Å². The quantitative estimate of drug-likeness (QED) is 0.823. The molecular formula is C20H24ClN3O3S. The van der Waals surface area contributed by atoms with Gasteiger partial charge in [-0.2, -0.15) is 4.31 Å². The van der Waals surface area contributed by atoms with Crippen molar-refractivity contribution in [2.24, 2.45) is 0 Å². The lowest BCUT2D eigenvalue weighted by molar-refractivity contribution is 0.102. The Kier molecular flexibility index (Phi) is 6.09. The van der Waals surface area contributed by atoms with Gasteiger partial charge in [0.25, 0.3) is 5.91 Å². The van der Waals surface area contributed by atoms with Gasteiger partial charge in [0.15, 0.2) is 0 Å². The van der Waals surface area contributed by atoms with Crippen LogP contribution in [0.1, 0.15) is 21.5 Å². The predicted octanol–water partition coefficient (Wildman–Crippen LogP) is 3.15. The summed E-state index contributed by atoms with van der Waals surface area (Å²) in [5.74, 6) is -0.380. The number of aryl methyl sites for hydroxylation is 2. The van der Waals surface area contributed by atoms with Crippen molar-refractivity contribution >= 4 is 33.2 Å². The van der Waals surface area contributed by atoms with Crippen LogP contribution in [-0.2, 0) is 10.0 Å². The summed E-state index contributed by atoms with van der Waals surface area (Å²) in [4.78, 5) is 14.9. The number of sulfonamides is 1. The molecule has 1 saturated heterocycles. The molecule has 1 aliphatic heterocycles. The highest BCUT2D eigenvalue weighted by Crippen LogP contribution is 2.24. The molecule has 0 bridgehead atoms. The molecule has 0 aromatic heterocycles. The molecule has 0 radical (unpaired) electrons. The van der Waals surface area contributed by atoms with Gasteiger partial charge in [0, 0.05) is 42.5 Å². The molecule has 1 aliphatic rings. The van der Waals surface area contributed by atoms with Gasteiger partial charge in [-0.1, -0.05) is 23.7 Å². The first-order valence-corrected chi connectivity index (χ1v) is 10.9. The molecule has 1 N–H and O–H groups in total. The molecule has 0 aliphatic carbocycles. The number of carbonyl (C=O) groups excluding carboxylic acids is 1. The molecular weight excluding hydrogens is 398 g/mol. The van der Waals surface area contributed by atoms with Gasteiger partial charge >= 0.3 is 0 Å². The molecule has 0 saturated carbocycles. The molecule has 6 nitrogen and oxygen atoms in total. The Hall–Kier alpha value is -1.93. The van der Waals surface area contributed by atoms with Crippen molar-refractivity contribution < 1.29 is 13.2 Å². The number of piperazine rings is 1. The fourth-order valence-corrected chi connectivity index (χ4v) is 4.91. The van der Waals surface area contributed by atoms with E-state index >= 15 is 0 Å². The lowest BCUT2D eigenvalue weighted by atomic mass is 10.1. The fourth-order valence-electron chi connectivity index (χ4n) is 3.06.